The second-order valence-corrected chi connectivity index (χ2v) is 6.41. The van der Waals surface area contributed by atoms with Crippen molar-refractivity contribution >= 4 is 6.03 Å². The highest BCUT2D eigenvalue weighted by atomic mass is 19.4. The summed E-state index contributed by atoms with van der Waals surface area (Å²) in [4.78, 5) is 12.0. The second kappa shape index (κ2) is 6.80. The number of aryl methyl sites for hydroxylation is 1. The third-order valence-electron chi connectivity index (χ3n) is 3.88. The lowest BCUT2D eigenvalue weighted by atomic mass is 10.0. The standard InChI is InChI=1S/C15H25F3N4O/c1-7-14(5,6)20-13(23)19-9(2)12-10(3)21-22(11(12)4)8-15(16,17)18/h9H,7-8H2,1-6H3,(H2,19,20,23)/t9-/m0/s1. The molecule has 1 atom stereocenters. The van der Waals surface area contributed by atoms with Crippen LogP contribution in [0.1, 0.15) is 57.1 Å². The normalized spacial score (nSPS) is 13.8. The van der Waals surface area contributed by atoms with Crippen molar-refractivity contribution in [2.24, 2.45) is 0 Å². The molecule has 5 nitrogen and oxygen atoms in total. The van der Waals surface area contributed by atoms with Gasteiger partial charge in [0.05, 0.1) is 11.7 Å². The largest absolute Gasteiger partial charge is 0.408 e. The van der Waals surface area contributed by atoms with Crippen molar-refractivity contribution in [3.05, 3.63) is 17.0 Å². The molecule has 2 N–H and O–H groups in total. The lowest BCUT2D eigenvalue weighted by Crippen LogP contribution is -2.48. The van der Waals surface area contributed by atoms with Crippen LogP contribution in [0, 0.1) is 13.8 Å². The third-order valence-corrected chi connectivity index (χ3v) is 3.88. The van der Waals surface area contributed by atoms with Crippen LogP contribution >= 0.6 is 0 Å². The van der Waals surface area contributed by atoms with Gasteiger partial charge in [-0.3, -0.25) is 4.68 Å². The highest BCUT2D eigenvalue weighted by Crippen LogP contribution is 2.25. The first-order valence-corrected chi connectivity index (χ1v) is 7.55. The number of carbonyl (C=O) groups excluding carboxylic acids is 1. The van der Waals surface area contributed by atoms with E-state index in [1.807, 2.05) is 20.8 Å². The molecule has 23 heavy (non-hydrogen) atoms. The molecule has 1 rings (SSSR count). The fourth-order valence-electron chi connectivity index (χ4n) is 2.36. The van der Waals surface area contributed by atoms with Crippen molar-refractivity contribution in [1.29, 1.82) is 0 Å². The Hall–Kier alpha value is -1.73. The zero-order chi connectivity index (χ0) is 18.0. The van der Waals surface area contributed by atoms with Gasteiger partial charge in [0.2, 0.25) is 0 Å². The molecule has 0 spiro atoms. The van der Waals surface area contributed by atoms with Gasteiger partial charge < -0.3 is 10.6 Å². The number of alkyl halides is 3. The molecule has 0 bridgehead atoms. The number of nitrogens with zero attached hydrogens (tertiary/aromatic N) is 2. The van der Waals surface area contributed by atoms with E-state index in [0.29, 0.717) is 17.0 Å². The number of amides is 2. The van der Waals surface area contributed by atoms with E-state index in [9.17, 15) is 18.0 Å². The van der Waals surface area contributed by atoms with E-state index in [-0.39, 0.29) is 11.6 Å². The first kappa shape index (κ1) is 19.3. The van der Waals surface area contributed by atoms with Crippen molar-refractivity contribution in [3.63, 3.8) is 0 Å². The quantitative estimate of drug-likeness (QED) is 0.864. The van der Waals surface area contributed by atoms with Crippen LogP contribution in [0.3, 0.4) is 0 Å². The number of aromatic nitrogens is 2. The first-order chi connectivity index (χ1) is 10.4. The number of halogens is 3. The summed E-state index contributed by atoms with van der Waals surface area (Å²) in [6.07, 6.45) is -3.57. The minimum Gasteiger partial charge on any atom is -0.333 e. The molecule has 0 radical (unpaired) electrons. The molecule has 8 heteroatoms. The molecule has 0 aromatic carbocycles. The van der Waals surface area contributed by atoms with Gasteiger partial charge in [-0.25, -0.2) is 4.79 Å². The minimum atomic E-state index is -4.33. The molecule has 1 aromatic heterocycles. The lowest BCUT2D eigenvalue weighted by Gasteiger charge is -2.26. The second-order valence-electron chi connectivity index (χ2n) is 6.41. The summed E-state index contributed by atoms with van der Waals surface area (Å²) in [5.74, 6) is 0. The zero-order valence-corrected chi connectivity index (χ0v) is 14.4. The molecular weight excluding hydrogens is 309 g/mol. The van der Waals surface area contributed by atoms with Gasteiger partial charge in [0.15, 0.2) is 0 Å². The van der Waals surface area contributed by atoms with Crippen LogP contribution in [-0.4, -0.2) is 27.5 Å². The fraction of sp³-hybridized carbons (Fsp3) is 0.733. The lowest BCUT2D eigenvalue weighted by molar-refractivity contribution is -0.143. The molecule has 1 aromatic rings. The van der Waals surface area contributed by atoms with E-state index in [1.54, 1.807) is 20.8 Å². The summed E-state index contributed by atoms with van der Waals surface area (Å²) >= 11 is 0. The van der Waals surface area contributed by atoms with Crippen LogP contribution < -0.4 is 10.6 Å². The topological polar surface area (TPSA) is 59.0 Å². The molecule has 132 valence electrons. The Morgan fingerprint density at radius 3 is 2.35 bits per heavy atom. The summed E-state index contributed by atoms with van der Waals surface area (Å²) in [6, 6.07) is -0.795. The monoisotopic (exact) mass is 334 g/mol. The molecule has 0 saturated carbocycles. The molecule has 0 fully saturated rings. The molecule has 1 heterocycles. The van der Waals surface area contributed by atoms with Crippen LogP contribution in [-0.2, 0) is 6.54 Å². The van der Waals surface area contributed by atoms with Gasteiger partial charge in [-0.15, -0.1) is 0 Å². The van der Waals surface area contributed by atoms with Crippen molar-refractivity contribution in [2.75, 3.05) is 0 Å². The van der Waals surface area contributed by atoms with Gasteiger partial charge in [0, 0.05) is 16.8 Å². The maximum Gasteiger partial charge on any atom is 0.408 e. The van der Waals surface area contributed by atoms with Crippen molar-refractivity contribution < 1.29 is 18.0 Å². The fourth-order valence-corrected chi connectivity index (χ4v) is 2.36. The number of carbonyl (C=O) groups is 1. The van der Waals surface area contributed by atoms with E-state index < -0.39 is 18.8 Å². The van der Waals surface area contributed by atoms with Gasteiger partial charge in [0.1, 0.15) is 6.54 Å². The van der Waals surface area contributed by atoms with Crippen molar-refractivity contribution in [3.8, 4) is 0 Å². The Kier molecular flexibility index (Phi) is 5.71. The van der Waals surface area contributed by atoms with Gasteiger partial charge in [-0.1, -0.05) is 6.92 Å². The molecule has 0 unspecified atom stereocenters. The van der Waals surface area contributed by atoms with E-state index in [0.717, 1.165) is 11.1 Å². The Balaban J connectivity index is 2.88. The van der Waals surface area contributed by atoms with E-state index in [1.165, 1.54) is 0 Å². The van der Waals surface area contributed by atoms with Gasteiger partial charge in [-0.05, 0) is 41.0 Å². The highest BCUT2D eigenvalue weighted by molar-refractivity contribution is 5.75. The molecule has 0 aliphatic carbocycles. The van der Waals surface area contributed by atoms with Crippen LogP contribution in [0.4, 0.5) is 18.0 Å². The first-order valence-electron chi connectivity index (χ1n) is 7.55. The molecule has 0 aliphatic rings. The van der Waals surface area contributed by atoms with Crippen molar-refractivity contribution in [2.45, 2.75) is 72.3 Å². The smallest absolute Gasteiger partial charge is 0.333 e. The van der Waals surface area contributed by atoms with E-state index in [4.69, 9.17) is 0 Å². The molecule has 0 saturated heterocycles. The van der Waals surface area contributed by atoms with E-state index >= 15 is 0 Å². The Morgan fingerprint density at radius 2 is 1.87 bits per heavy atom. The minimum absolute atomic E-state index is 0.353. The van der Waals surface area contributed by atoms with Crippen LogP contribution in [0.25, 0.3) is 0 Å². The maximum atomic E-state index is 12.6. The third kappa shape index (κ3) is 5.44. The predicted molar refractivity (Wildman–Crippen MR) is 82.2 cm³/mol. The molecule has 2 amide bonds. The SMILES string of the molecule is CCC(C)(C)NC(=O)N[C@@H](C)c1c(C)nn(CC(F)(F)F)c1C. The average molecular weight is 334 g/mol. The molecule has 0 aliphatic heterocycles. The maximum absolute atomic E-state index is 12.6. The number of hydrogen-bond acceptors (Lipinski definition) is 2. The Bertz CT molecular complexity index is 564. The van der Waals surface area contributed by atoms with Crippen LogP contribution in [0.5, 0.6) is 0 Å². The van der Waals surface area contributed by atoms with Crippen LogP contribution in [0.15, 0.2) is 0 Å². The van der Waals surface area contributed by atoms with Crippen LogP contribution in [0.2, 0.25) is 0 Å². The van der Waals surface area contributed by atoms with E-state index in [2.05, 4.69) is 15.7 Å². The summed E-state index contributed by atoms with van der Waals surface area (Å²) < 4.78 is 38.6. The van der Waals surface area contributed by atoms with Crippen molar-refractivity contribution in [1.82, 2.24) is 20.4 Å². The average Bonchev–Trinajstić information content (AvgIpc) is 2.61. The Morgan fingerprint density at radius 1 is 1.30 bits per heavy atom. The predicted octanol–water partition coefficient (Wildman–Crippen LogP) is 3.61. The van der Waals surface area contributed by atoms with Gasteiger partial charge >= 0.3 is 12.2 Å². The summed E-state index contributed by atoms with van der Waals surface area (Å²) in [7, 11) is 0. The Labute approximate surface area is 134 Å². The van der Waals surface area contributed by atoms with Gasteiger partial charge in [-0.2, -0.15) is 18.3 Å². The summed E-state index contributed by atoms with van der Waals surface area (Å²) in [5, 5.41) is 9.53. The molecular formula is C15H25F3N4O. The zero-order valence-electron chi connectivity index (χ0n) is 14.4. The number of rotatable bonds is 5. The highest BCUT2D eigenvalue weighted by Gasteiger charge is 2.31. The number of nitrogens with one attached hydrogen (secondary N) is 2. The number of urea groups is 1. The summed E-state index contributed by atoms with van der Waals surface area (Å²) in [5.41, 5.74) is 1.14. The number of hydrogen-bond donors (Lipinski definition) is 2. The summed E-state index contributed by atoms with van der Waals surface area (Å²) in [6.45, 7) is 9.56. The van der Waals surface area contributed by atoms with Gasteiger partial charge in [0.25, 0.3) is 0 Å².